The lowest BCUT2D eigenvalue weighted by atomic mass is 10.2. The third kappa shape index (κ3) is 4.32. The summed E-state index contributed by atoms with van der Waals surface area (Å²) in [5.41, 5.74) is 2.65. The van der Waals surface area contributed by atoms with E-state index in [1.54, 1.807) is 0 Å². The zero-order chi connectivity index (χ0) is 20.1. The van der Waals surface area contributed by atoms with E-state index in [9.17, 15) is 0 Å². The van der Waals surface area contributed by atoms with Crippen molar-refractivity contribution in [1.82, 2.24) is 0 Å². The smallest absolute Gasteiger partial charge is 0.0585 e. The summed E-state index contributed by atoms with van der Waals surface area (Å²) in [5.74, 6) is 0. The molecule has 3 aromatic carbocycles. The fraction of sp³-hybridized carbons (Fsp3) is 0.231. The highest BCUT2D eigenvalue weighted by Crippen LogP contribution is 2.66. The van der Waals surface area contributed by atoms with Crippen LogP contribution in [0.15, 0.2) is 103 Å². The first-order valence-corrected chi connectivity index (χ1v) is 13.3. The van der Waals surface area contributed by atoms with E-state index in [0.29, 0.717) is 11.3 Å². The van der Waals surface area contributed by atoms with Crippen molar-refractivity contribution in [2.45, 2.75) is 38.0 Å². The number of para-hydroxylation sites is 1. The number of hydrogen-bond acceptors (Lipinski definition) is 1. The van der Waals surface area contributed by atoms with Crippen LogP contribution in [0.5, 0.6) is 0 Å². The molecule has 1 nitrogen and oxygen atoms in total. The van der Waals surface area contributed by atoms with Crippen molar-refractivity contribution in [2.24, 2.45) is 0 Å². The Morgan fingerprint density at radius 2 is 1.07 bits per heavy atom. The second-order valence-corrected chi connectivity index (χ2v) is 12.2. The van der Waals surface area contributed by atoms with E-state index >= 15 is 0 Å². The molecule has 29 heavy (non-hydrogen) atoms. The summed E-state index contributed by atoms with van der Waals surface area (Å²) in [6.07, 6.45) is 7.40. The first-order chi connectivity index (χ1) is 14.3. The summed E-state index contributed by atoms with van der Waals surface area (Å²) in [7, 11) is -0.992. The van der Waals surface area contributed by atoms with Crippen LogP contribution in [0.2, 0.25) is 0 Å². The van der Waals surface area contributed by atoms with Crippen LogP contribution in [0.1, 0.15) is 26.7 Å². The lowest BCUT2D eigenvalue weighted by Gasteiger charge is -2.43. The Morgan fingerprint density at radius 1 is 0.655 bits per heavy atom. The lowest BCUT2D eigenvalue weighted by molar-refractivity contribution is 0.947. The lowest BCUT2D eigenvalue weighted by Crippen LogP contribution is -2.29. The molecule has 0 bridgehead atoms. The van der Waals surface area contributed by atoms with E-state index in [1.165, 1.54) is 29.1 Å². The van der Waals surface area contributed by atoms with Crippen molar-refractivity contribution in [2.75, 3.05) is 4.44 Å². The number of benzene rings is 3. The molecule has 0 unspecified atom stereocenters. The zero-order valence-corrected chi connectivity index (χ0v) is 19.0. The van der Waals surface area contributed by atoms with Crippen molar-refractivity contribution in [1.29, 1.82) is 0 Å². The van der Waals surface area contributed by atoms with Gasteiger partial charge in [-0.25, -0.2) is 0 Å². The largest absolute Gasteiger partial charge is 0.320 e. The Balaban J connectivity index is 1.90. The number of allylic oxidation sites excluding steroid dienone is 2. The van der Waals surface area contributed by atoms with Crippen LogP contribution >= 0.6 is 16.1 Å². The Kier molecular flexibility index (Phi) is 6.81. The van der Waals surface area contributed by atoms with Crippen molar-refractivity contribution in [3.05, 3.63) is 103 Å². The topological polar surface area (TPSA) is 3.24 Å². The van der Waals surface area contributed by atoms with E-state index in [1.807, 2.05) is 0 Å². The van der Waals surface area contributed by atoms with E-state index in [-0.39, 0.29) is 8.07 Å². The molecule has 1 heterocycles. The molecule has 0 saturated heterocycles. The Labute approximate surface area is 178 Å². The van der Waals surface area contributed by atoms with Gasteiger partial charge in [-0.1, -0.05) is 105 Å². The van der Waals surface area contributed by atoms with Gasteiger partial charge in [0.05, 0.1) is 8.07 Å². The molecule has 0 spiro atoms. The van der Waals surface area contributed by atoms with Gasteiger partial charge in [-0.15, -0.1) is 0 Å². The van der Waals surface area contributed by atoms with Gasteiger partial charge in [0.25, 0.3) is 0 Å². The minimum atomic E-state index is -0.644. The van der Waals surface area contributed by atoms with Crippen LogP contribution in [-0.2, 0) is 0 Å². The van der Waals surface area contributed by atoms with Crippen molar-refractivity contribution in [3.63, 3.8) is 0 Å². The Hall–Kier alpha value is -1.94. The van der Waals surface area contributed by atoms with E-state index in [0.717, 1.165) is 0 Å². The zero-order valence-electron chi connectivity index (χ0n) is 17.2. The van der Waals surface area contributed by atoms with Gasteiger partial charge in [0, 0.05) is 35.7 Å². The molecule has 0 radical (unpaired) electrons. The molecule has 3 heteroatoms. The average molecular weight is 417 g/mol. The maximum Gasteiger partial charge on any atom is 0.0585 e. The van der Waals surface area contributed by atoms with Crippen molar-refractivity contribution in [3.8, 4) is 0 Å². The first-order valence-electron chi connectivity index (χ1n) is 10.5. The van der Waals surface area contributed by atoms with Gasteiger partial charge in [-0.2, -0.15) is 0 Å². The van der Waals surface area contributed by atoms with Crippen LogP contribution in [0.25, 0.3) is 0 Å². The third-order valence-electron chi connectivity index (χ3n) is 5.47. The van der Waals surface area contributed by atoms with Gasteiger partial charge >= 0.3 is 0 Å². The highest BCUT2D eigenvalue weighted by atomic mass is 31.2. The average Bonchev–Trinajstić information content (AvgIpc) is 3.21. The molecule has 1 aliphatic heterocycles. The molecule has 0 N–H and O–H groups in total. The number of hydrogen-bond donors (Lipinski definition) is 0. The summed E-state index contributed by atoms with van der Waals surface area (Å²) < 4.78 is 2.83. The van der Waals surface area contributed by atoms with Gasteiger partial charge in [0.15, 0.2) is 0 Å². The minimum Gasteiger partial charge on any atom is -0.320 e. The molecule has 2 atom stereocenters. The summed E-state index contributed by atoms with van der Waals surface area (Å²) in [6.45, 7) is 4.69. The minimum absolute atomic E-state index is 0.347. The molecule has 3 aromatic rings. The standard InChI is InChI=1S/C26H29NP2/c1-3-23-20-21-24(4-2)28(23)27(22-14-8-5-9-15-22)29(25-16-10-6-11-17-25)26-18-12-7-13-19-26/h5-21,23-24H,3-4H2,1-2H3/t23-,24-/m1/s1. The SMILES string of the molecule is CC[C@@H]1C=C[C@@H](CC)P1N(c1ccccc1)P(c1ccccc1)c1ccccc1. The molecular formula is C26H29NP2. The van der Waals surface area contributed by atoms with Crippen LogP contribution < -0.4 is 15.1 Å². The van der Waals surface area contributed by atoms with Crippen molar-refractivity contribution >= 4 is 32.4 Å². The first kappa shape index (κ1) is 20.3. The normalized spacial score (nSPS) is 19.0. The molecule has 0 aliphatic carbocycles. The quantitative estimate of drug-likeness (QED) is 0.294. The van der Waals surface area contributed by atoms with Gasteiger partial charge in [0.1, 0.15) is 0 Å². The van der Waals surface area contributed by atoms with E-state index in [2.05, 4.69) is 121 Å². The number of anilines is 1. The molecular weight excluding hydrogens is 388 g/mol. The fourth-order valence-electron chi connectivity index (χ4n) is 4.03. The Bertz CT molecular complexity index is 858. The molecule has 148 valence electrons. The molecule has 4 rings (SSSR count). The van der Waals surface area contributed by atoms with E-state index < -0.39 is 8.07 Å². The molecule has 0 aromatic heterocycles. The predicted octanol–water partition coefficient (Wildman–Crippen LogP) is 7.06. The number of nitrogens with zero attached hydrogens (tertiary/aromatic N) is 1. The second kappa shape index (κ2) is 9.71. The highest BCUT2D eigenvalue weighted by molar-refractivity contribution is 7.86. The monoisotopic (exact) mass is 417 g/mol. The second-order valence-electron chi connectivity index (χ2n) is 7.32. The summed E-state index contributed by atoms with van der Waals surface area (Å²) in [6, 6.07) is 33.4. The van der Waals surface area contributed by atoms with E-state index in [4.69, 9.17) is 0 Å². The Morgan fingerprint density at radius 3 is 1.48 bits per heavy atom. The predicted molar refractivity (Wildman–Crippen MR) is 132 cm³/mol. The van der Waals surface area contributed by atoms with Gasteiger partial charge in [0.2, 0.25) is 0 Å². The maximum atomic E-state index is 2.83. The fourth-order valence-corrected chi connectivity index (χ4v) is 11.0. The van der Waals surface area contributed by atoms with Crippen LogP contribution in [-0.4, -0.2) is 11.3 Å². The van der Waals surface area contributed by atoms with Crippen molar-refractivity contribution < 1.29 is 0 Å². The van der Waals surface area contributed by atoms with Gasteiger partial charge in [-0.05, 0) is 25.0 Å². The molecule has 1 aliphatic rings. The van der Waals surface area contributed by atoms with Crippen LogP contribution in [0.3, 0.4) is 0 Å². The molecule has 0 fully saturated rings. The summed E-state index contributed by atoms with van der Waals surface area (Å²) in [4.78, 5) is 0. The summed E-state index contributed by atoms with van der Waals surface area (Å²) >= 11 is 0. The third-order valence-corrected chi connectivity index (χ3v) is 11.9. The molecule has 0 saturated carbocycles. The molecule has 0 amide bonds. The maximum absolute atomic E-state index is 2.83. The summed E-state index contributed by atoms with van der Waals surface area (Å²) in [5, 5.41) is 2.85. The highest BCUT2D eigenvalue weighted by Gasteiger charge is 2.39. The van der Waals surface area contributed by atoms with Crippen LogP contribution in [0.4, 0.5) is 5.69 Å². The van der Waals surface area contributed by atoms with Crippen LogP contribution in [0, 0.1) is 0 Å². The number of rotatable bonds is 7. The van der Waals surface area contributed by atoms with Gasteiger partial charge in [-0.3, -0.25) is 0 Å². The van der Waals surface area contributed by atoms with Gasteiger partial charge < -0.3 is 4.44 Å².